The van der Waals surface area contributed by atoms with Crippen LogP contribution in [0.4, 0.5) is 0 Å². The summed E-state index contributed by atoms with van der Waals surface area (Å²) in [7, 11) is 1.82. The molecule has 172 valence electrons. The maximum atomic E-state index is 12.1. The molecule has 0 radical (unpaired) electrons. The minimum atomic E-state index is -0.670. The molecule has 0 saturated heterocycles. The first-order valence-corrected chi connectivity index (χ1v) is 10.3. The second kappa shape index (κ2) is 16.1. The number of amides is 2. The fourth-order valence-corrected chi connectivity index (χ4v) is 2.23. The zero-order chi connectivity index (χ0) is 22.9. The van der Waals surface area contributed by atoms with Crippen molar-refractivity contribution in [1.29, 1.82) is 0 Å². The highest BCUT2D eigenvalue weighted by Gasteiger charge is 2.08. The maximum absolute atomic E-state index is 12.1. The average Bonchev–Trinajstić information content (AvgIpc) is 2.75. The Hall–Kier alpha value is -2.64. The van der Waals surface area contributed by atoms with E-state index in [9.17, 15) is 9.59 Å². The molecular weight excluding hydrogens is 400 g/mol. The lowest BCUT2D eigenvalue weighted by atomic mass is 10.2. The van der Waals surface area contributed by atoms with Crippen LogP contribution >= 0.6 is 0 Å². The van der Waals surface area contributed by atoms with E-state index in [0.717, 1.165) is 0 Å². The molecule has 0 heterocycles. The van der Waals surface area contributed by atoms with Crippen LogP contribution in [0.1, 0.15) is 24.2 Å². The van der Waals surface area contributed by atoms with Gasteiger partial charge in [-0.2, -0.15) is 0 Å². The van der Waals surface area contributed by atoms with Crippen LogP contribution < -0.4 is 26.4 Å². The molecule has 0 aromatic heterocycles. The first-order chi connectivity index (χ1) is 14.9. The molecule has 0 saturated carbocycles. The summed E-state index contributed by atoms with van der Waals surface area (Å²) in [6, 6.07) is 6.84. The van der Waals surface area contributed by atoms with Gasteiger partial charge in [-0.15, -0.1) is 0 Å². The molecule has 0 spiro atoms. The van der Waals surface area contributed by atoms with Crippen molar-refractivity contribution >= 4 is 11.8 Å². The van der Waals surface area contributed by atoms with Crippen LogP contribution in [-0.2, 0) is 14.3 Å². The molecule has 0 bridgehead atoms. The molecule has 0 aliphatic rings. The normalized spacial score (nSPS) is 11.4. The molecule has 0 fully saturated rings. The van der Waals surface area contributed by atoms with Gasteiger partial charge in [0.2, 0.25) is 5.91 Å². The maximum Gasteiger partial charge on any atom is 0.251 e. The summed E-state index contributed by atoms with van der Waals surface area (Å²) >= 11 is 0. The van der Waals surface area contributed by atoms with Crippen LogP contribution in [0.3, 0.4) is 0 Å². The minimum absolute atomic E-state index is 0.0678. The summed E-state index contributed by atoms with van der Waals surface area (Å²) in [5.74, 6) is 6.21. The summed E-state index contributed by atoms with van der Waals surface area (Å²) in [5, 5.41) is 8.41. The highest BCUT2D eigenvalue weighted by atomic mass is 16.6. The van der Waals surface area contributed by atoms with Crippen LogP contribution in [0.2, 0.25) is 0 Å². The highest BCUT2D eigenvalue weighted by molar-refractivity contribution is 5.94. The zero-order valence-corrected chi connectivity index (χ0v) is 18.5. The van der Waals surface area contributed by atoms with Gasteiger partial charge in [-0.05, 0) is 25.2 Å². The number of nitrogens with one attached hydrogen (secondary N) is 3. The lowest BCUT2D eigenvalue weighted by molar-refractivity contribution is -0.126. The molecule has 1 aromatic rings. The standard InChI is InChI=1S/C22H34N4O5/c1-17(2)6-5-9-25-21(27)16-29-12-13-30-20(23)15-31-19-8-4-7-18(14-19)22(28)26-11-10-24-3/h4,7-8,14,17,20,24H,9-13,15-16,23H2,1-3H3,(H,25,27)(H,26,28). The van der Waals surface area contributed by atoms with Crippen LogP contribution in [-0.4, -0.2) is 71.2 Å². The average molecular weight is 435 g/mol. The second-order valence-electron chi connectivity index (χ2n) is 6.91. The van der Waals surface area contributed by atoms with Gasteiger partial charge in [0.05, 0.1) is 19.8 Å². The predicted octanol–water partition coefficient (Wildman–Crippen LogP) is 0.108. The number of ether oxygens (including phenoxy) is 3. The first kappa shape index (κ1) is 26.4. The Bertz CT molecular complexity index is 730. The molecule has 0 aliphatic carbocycles. The molecule has 5 N–H and O–H groups in total. The SMILES string of the molecule is CNCCNC(=O)c1cccc(OCC(N)OCCOCC(=O)NCC#CC(C)C)c1. The molecule has 9 nitrogen and oxygen atoms in total. The minimum Gasteiger partial charge on any atom is -0.489 e. The van der Waals surface area contributed by atoms with Gasteiger partial charge >= 0.3 is 0 Å². The van der Waals surface area contributed by atoms with E-state index < -0.39 is 6.23 Å². The highest BCUT2D eigenvalue weighted by Crippen LogP contribution is 2.13. The number of benzene rings is 1. The van der Waals surface area contributed by atoms with Crippen molar-refractivity contribution in [3.63, 3.8) is 0 Å². The molecule has 2 amide bonds. The summed E-state index contributed by atoms with van der Waals surface area (Å²) in [5.41, 5.74) is 6.37. The Morgan fingerprint density at radius 1 is 1.16 bits per heavy atom. The van der Waals surface area contributed by atoms with Gasteiger partial charge in [-0.3, -0.25) is 9.59 Å². The van der Waals surface area contributed by atoms with Crippen LogP contribution in [0, 0.1) is 17.8 Å². The van der Waals surface area contributed by atoms with Crippen molar-refractivity contribution in [2.24, 2.45) is 11.7 Å². The van der Waals surface area contributed by atoms with Crippen molar-refractivity contribution in [3.8, 4) is 17.6 Å². The third-order valence-electron chi connectivity index (χ3n) is 3.73. The Kier molecular flexibility index (Phi) is 13.7. The zero-order valence-electron chi connectivity index (χ0n) is 18.5. The topological polar surface area (TPSA) is 124 Å². The number of nitrogens with two attached hydrogens (primary N) is 1. The van der Waals surface area contributed by atoms with Gasteiger partial charge in [0, 0.05) is 24.6 Å². The van der Waals surface area contributed by atoms with Crippen molar-refractivity contribution in [2.45, 2.75) is 20.1 Å². The summed E-state index contributed by atoms with van der Waals surface area (Å²) in [4.78, 5) is 23.6. The van der Waals surface area contributed by atoms with E-state index in [2.05, 4.69) is 27.8 Å². The van der Waals surface area contributed by atoms with E-state index in [4.69, 9.17) is 19.9 Å². The molecule has 1 atom stereocenters. The number of hydrogen-bond donors (Lipinski definition) is 4. The third-order valence-corrected chi connectivity index (χ3v) is 3.73. The fourth-order valence-electron chi connectivity index (χ4n) is 2.23. The van der Waals surface area contributed by atoms with Gasteiger partial charge in [0.1, 0.15) is 25.2 Å². The van der Waals surface area contributed by atoms with Crippen LogP contribution in [0.15, 0.2) is 24.3 Å². The van der Waals surface area contributed by atoms with E-state index in [-0.39, 0.29) is 44.2 Å². The molecule has 1 rings (SSSR count). The molecule has 1 unspecified atom stereocenters. The van der Waals surface area contributed by atoms with Crippen molar-refractivity contribution in [3.05, 3.63) is 29.8 Å². The van der Waals surface area contributed by atoms with E-state index >= 15 is 0 Å². The van der Waals surface area contributed by atoms with Crippen LogP contribution in [0.25, 0.3) is 0 Å². The Morgan fingerprint density at radius 3 is 2.71 bits per heavy atom. The lowest BCUT2D eigenvalue weighted by Gasteiger charge is -2.15. The smallest absolute Gasteiger partial charge is 0.251 e. The molecular formula is C22H34N4O5. The number of rotatable bonds is 14. The van der Waals surface area contributed by atoms with Crippen LogP contribution in [0.5, 0.6) is 5.75 Å². The fraction of sp³-hybridized carbons (Fsp3) is 0.545. The van der Waals surface area contributed by atoms with Gasteiger partial charge in [-0.25, -0.2) is 0 Å². The van der Waals surface area contributed by atoms with Crippen molar-refractivity contribution < 1.29 is 23.8 Å². The van der Waals surface area contributed by atoms with Gasteiger partial charge in [-0.1, -0.05) is 31.8 Å². The van der Waals surface area contributed by atoms with E-state index in [1.807, 2.05) is 20.9 Å². The summed E-state index contributed by atoms with van der Waals surface area (Å²) < 4.78 is 16.2. The van der Waals surface area contributed by atoms with Crippen molar-refractivity contribution in [2.75, 3.05) is 53.1 Å². The number of carbonyl (C=O) groups is 2. The van der Waals surface area contributed by atoms with Gasteiger partial charge < -0.3 is 35.9 Å². The lowest BCUT2D eigenvalue weighted by Crippen LogP contribution is -2.33. The summed E-state index contributed by atoms with van der Waals surface area (Å²) in [6.45, 7) is 5.98. The molecule has 1 aromatic carbocycles. The van der Waals surface area contributed by atoms with Crippen molar-refractivity contribution in [1.82, 2.24) is 16.0 Å². The largest absolute Gasteiger partial charge is 0.489 e. The number of hydrogen-bond acceptors (Lipinski definition) is 7. The molecule has 31 heavy (non-hydrogen) atoms. The van der Waals surface area contributed by atoms with E-state index in [1.165, 1.54) is 0 Å². The predicted molar refractivity (Wildman–Crippen MR) is 119 cm³/mol. The number of likely N-dealkylation sites (N-methyl/N-ethyl adjacent to an activating group) is 1. The summed E-state index contributed by atoms with van der Waals surface area (Å²) in [6.07, 6.45) is -0.670. The van der Waals surface area contributed by atoms with E-state index in [0.29, 0.717) is 30.9 Å². The quantitative estimate of drug-likeness (QED) is 0.186. The number of carbonyl (C=O) groups excluding carboxylic acids is 2. The Labute approximate surface area is 184 Å². The molecule has 0 aliphatic heterocycles. The third kappa shape index (κ3) is 13.3. The Balaban J connectivity index is 2.18. The monoisotopic (exact) mass is 434 g/mol. The molecule has 9 heteroatoms. The first-order valence-electron chi connectivity index (χ1n) is 10.3. The Morgan fingerprint density at radius 2 is 1.97 bits per heavy atom. The van der Waals surface area contributed by atoms with Gasteiger partial charge in [0.15, 0.2) is 0 Å². The van der Waals surface area contributed by atoms with Gasteiger partial charge in [0.25, 0.3) is 5.91 Å². The van der Waals surface area contributed by atoms with E-state index in [1.54, 1.807) is 24.3 Å². The second-order valence-corrected chi connectivity index (χ2v) is 6.91.